The van der Waals surface area contributed by atoms with E-state index in [4.69, 9.17) is 15.3 Å². The Labute approximate surface area is 257 Å². The number of aliphatic carboxylic acids is 1. The minimum Gasteiger partial charge on any atom is -0.481 e. The first kappa shape index (κ1) is 42.5. The molecule has 5 heteroatoms. The highest BCUT2D eigenvalue weighted by atomic mass is 16.4. The third-order valence-corrected chi connectivity index (χ3v) is 8.15. The van der Waals surface area contributed by atoms with E-state index in [0.717, 1.165) is 19.4 Å². The largest absolute Gasteiger partial charge is 0.481 e. The molecule has 0 bridgehead atoms. The summed E-state index contributed by atoms with van der Waals surface area (Å²) in [6.45, 7) is 7.32. The highest BCUT2D eigenvalue weighted by Crippen LogP contribution is 2.14. The van der Waals surface area contributed by atoms with Crippen LogP contribution in [0.15, 0.2) is 0 Å². The minimum atomic E-state index is -0.655. The highest BCUT2D eigenvalue weighted by molar-refractivity contribution is 5.66. The van der Waals surface area contributed by atoms with Gasteiger partial charge >= 0.3 is 5.97 Å². The van der Waals surface area contributed by atoms with E-state index in [1.165, 1.54) is 161 Å². The van der Waals surface area contributed by atoms with Crippen molar-refractivity contribution in [2.24, 2.45) is 0 Å². The lowest BCUT2D eigenvalue weighted by molar-refractivity contribution is -0.137. The Morgan fingerprint density at radius 1 is 0.415 bits per heavy atom. The molecule has 248 valence electrons. The van der Waals surface area contributed by atoms with Crippen molar-refractivity contribution in [2.45, 2.75) is 194 Å². The Morgan fingerprint density at radius 2 is 0.683 bits per heavy atom. The number of aliphatic hydroxyl groups excluding tert-OH is 2. The summed E-state index contributed by atoms with van der Waals surface area (Å²) in [6, 6.07) is 0. The molecular weight excluding hydrogens is 510 g/mol. The van der Waals surface area contributed by atoms with Gasteiger partial charge in [-0.2, -0.15) is 0 Å². The smallest absolute Gasteiger partial charge is 0.303 e. The van der Waals surface area contributed by atoms with Crippen LogP contribution in [-0.2, 0) is 4.79 Å². The molecule has 0 aliphatic carbocycles. The van der Waals surface area contributed by atoms with Gasteiger partial charge in [-0.1, -0.05) is 174 Å². The summed E-state index contributed by atoms with van der Waals surface area (Å²) in [6.07, 6.45) is 36.6. The number of nitrogens with zero attached hydrogens (tertiary/aromatic N) is 1. The molecule has 0 radical (unpaired) electrons. The second-order valence-electron chi connectivity index (χ2n) is 12.3. The molecule has 0 aliphatic rings. The molecule has 0 atom stereocenters. The zero-order valence-electron chi connectivity index (χ0n) is 28.0. The van der Waals surface area contributed by atoms with Gasteiger partial charge in [0.2, 0.25) is 0 Å². The van der Waals surface area contributed by atoms with Crippen LogP contribution in [0.25, 0.3) is 0 Å². The van der Waals surface area contributed by atoms with Crippen molar-refractivity contribution in [3.8, 4) is 0 Å². The third-order valence-electron chi connectivity index (χ3n) is 8.15. The van der Waals surface area contributed by atoms with Crippen LogP contribution >= 0.6 is 0 Å². The molecule has 0 saturated heterocycles. The molecule has 0 aromatic heterocycles. The van der Waals surface area contributed by atoms with E-state index in [1.54, 1.807) is 0 Å². The SMILES string of the molecule is CCCCCCCCCCCCCCCC(=O)O.CCCCCCCCCCCCCCCCN(CCO)CCO. The van der Waals surface area contributed by atoms with Gasteiger partial charge < -0.3 is 15.3 Å². The number of unbranched alkanes of at least 4 members (excludes halogenated alkanes) is 25. The van der Waals surface area contributed by atoms with Gasteiger partial charge in [-0.3, -0.25) is 9.69 Å². The molecule has 0 aromatic rings. The summed E-state index contributed by atoms with van der Waals surface area (Å²) in [5.74, 6) is -0.655. The minimum absolute atomic E-state index is 0.193. The molecular formula is C36H75NO4. The van der Waals surface area contributed by atoms with Gasteiger partial charge in [0.15, 0.2) is 0 Å². The predicted octanol–water partition coefficient (Wildman–Crippen LogP) is 10.3. The Bertz CT molecular complexity index is 468. The molecule has 0 heterocycles. The van der Waals surface area contributed by atoms with Crippen LogP contribution in [-0.4, -0.2) is 59.0 Å². The highest BCUT2D eigenvalue weighted by Gasteiger charge is 2.02. The molecule has 0 unspecified atom stereocenters. The zero-order chi connectivity index (χ0) is 30.5. The molecule has 41 heavy (non-hydrogen) atoms. The van der Waals surface area contributed by atoms with Crippen LogP contribution in [0, 0.1) is 0 Å². The van der Waals surface area contributed by atoms with E-state index in [0.29, 0.717) is 19.5 Å². The standard InChI is InChI=1S/C20H43NO2.C16H32O2/c1-2-3-4-5-6-7-8-9-10-11-12-13-14-15-16-21(17-19-22)18-20-23;1-2-3-4-5-6-7-8-9-10-11-12-13-14-15-16(17)18/h22-23H,2-20H2,1H3;2-15H2,1H3,(H,17,18). The van der Waals surface area contributed by atoms with Crippen LogP contribution in [0.4, 0.5) is 0 Å². The zero-order valence-corrected chi connectivity index (χ0v) is 28.0. The number of carboxylic acid groups (broad SMARTS) is 1. The summed E-state index contributed by atoms with van der Waals surface area (Å²) >= 11 is 0. The van der Waals surface area contributed by atoms with Gasteiger partial charge in [-0.05, 0) is 19.4 Å². The third kappa shape index (κ3) is 41.5. The fourth-order valence-electron chi connectivity index (χ4n) is 5.44. The lowest BCUT2D eigenvalue weighted by atomic mass is 10.0. The monoisotopic (exact) mass is 586 g/mol. The fraction of sp³-hybridized carbons (Fsp3) is 0.972. The van der Waals surface area contributed by atoms with Crippen LogP contribution in [0.2, 0.25) is 0 Å². The van der Waals surface area contributed by atoms with Gasteiger partial charge in [0.25, 0.3) is 0 Å². The van der Waals surface area contributed by atoms with Gasteiger partial charge in [-0.15, -0.1) is 0 Å². The molecule has 0 rings (SSSR count). The first-order chi connectivity index (χ1) is 20.1. The second kappa shape index (κ2) is 39.4. The second-order valence-corrected chi connectivity index (χ2v) is 12.3. The first-order valence-corrected chi connectivity index (χ1v) is 18.3. The molecule has 0 fully saturated rings. The molecule has 0 aromatic carbocycles. The molecule has 0 amide bonds. The summed E-state index contributed by atoms with van der Waals surface area (Å²) in [5, 5.41) is 26.4. The number of carbonyl (C=O) groups is 1. The van der Waals surface area contributed by atoms with Crippen LogP contribution < -0.4 is 0 Å². The predicted molar refractivity (Wildman–Crippen MR) is 179 cm³/mol. The maximum Gasteiger partial charge on any atom is 0.303 e. The van der Waals surface area contributed by atoms with E-state index in [2.05, 4.69) is 18.7 Å². The summed E-state index contributed by atoms with van der Waals surface area (Å²) in [7, 11) is 0. The number of aliphatic hydroxyl groups is 2. The Balaban J connectivity index is 0. The molecule has 0 saturated carbocycles. The van der Waals surface area contributed by atoms with Crippen molar-refractivity contribution in [3.05, 3.63) is 0 Å². The van der Waals surface area contributed by atoms with E-state index in [-0.39, 0.29) is 13.2 Å². The van der Waals surface area contributed by atoms with Crippen molar-refractivity contribution in [2.75, 3.05) is 32.8 Å². The van der Waals surface area contributed by atoms with Gasteiger partial charge in [0, 0.05) is 19.5 Å². The van der Waals surface area contributed by atoms with E-state index in [9.17, 15) is 4.79 Å². The summed E-state index contributed by atoms with van der Waals surface area (Å²) in [5.41, 5.74) is 0. The lowest BCUT2D eigenvalue weighted by Gasteiger charge is -2.19. The number of hydrogen-bond donors (Lipinski definition) is 3. The fourth-order valence-corrected chi connectivity index (χ4v) is 5.44. The molecule has 5 nitrogen and oxygen atoms in total. The number of hydrogen-bond acceptors (Lipinski definition) is 4. The summed E-state index contributed by atoms with van der Waals surface area (Å²) in [4.78, 5) is 12.5. The van der Waals surface area contributed by atoms with Crippen molar-refractivity contribution in [1.82, 2.24) is 4.90 Å². The number of carboxylic acids is 1. The average Bonchev–Trinajstić information content (AvgIpc) is 2.96. The average molecular weight is 586 g/mol. The number of rotatable bonds is 33. The molecule has 0 aliphatic heterocycles. The van der Waals surface area contributed by atoms with E-state index < -0.39 is 5.97 Å². The topological polar surface area (TPSA) is 81.0 Å². The van der Waals surface area contributed by atoms with Gasteiger partial charge in [-0.25, -0.2) is 0 Å². The Morgan fingerprint density at radius 3 is 0.951 bits per heavy atom. The van der Waals surface area contributed by atoms with Crippen molar-refractivity contribution in [1.29, 1.82) is 0 Å². The lowest BCUT2D eigenvalue weighted by Crippen LogP contribution is -2.30. The van der Waals surface area contributed by atoms with Gasteiger partial charge in [0.05, 0.1) is 13.2 Å². The maximum absolute atomic E-state index is 10.3. The Hall–Kier alpha value is -0.650. The maximum atomic E-state index is 10.3. The van der Waals surface area contributed by atoms with Crippen molar-refractivity contribution < 1.29 is 20.1 Å². The molecule has 0 spiro atoms. The summed E-state index contributed by atoms with van der Waals surface area (Å²) < 4.78 is 0. The van der Waals surface area contributed by atoms with Crippen molar-refractivity contribution in [3.63, 3.8) is 0 Å². The quantitative estimate of drug-likeness (QED) is 0.0668. The normalized spacial score (nSPS) is 11.1. The van der Waals surface area contributed by atoms with Crippen LogP contribution in [0.1, 0.15) is 194 Å². The van der Waals surface area contributed by atoms with Crippen molar-refractivity contribution >= 4 is 5.97 Å². The first-order valence-electron chi connectivity index (χ1n) is 18.3. The van der Waals surface area contributed by atoms with E-state index in [1.807, 2.05) is 0 Å². The molecule has 3 N–H and O–H groups in total. The van der Waals surface area contributed by atoms with E-state index >= 15 is 0 Å². The van der Waals surface area contributed by atoms with Gasteiger partial charge in [0.1, 0.15) is 0 Å². The van der Waals surface area contributed by atoms with Crippen LogP contribution in [0.3, 0.4) is 0 Å². The Kier molecular flexibility index (Phi) is 40.8. The van der Waals surface area contributed by atoms with Crippen LogP contribution in [0.5, 0.6) is 0 Å².